The van der Waals surface area contributed by atoms with Crippen molar-refractivity contribution in [3.8, 4) is 0 Å². The maximum absolute atomic E-state index is 11.6. The van der Waals surface area contributed by atoms with Crippen molar-refractivity contribution < 1.29 is 4.79 Å². The van der Waals surface area contributed by atoms with Gasteiger partial charge in [-0.3, -0.25) is 4.79 Å². The monoisotopic (exact) mass is 288 g/mol. The average molecular weight is 288 g/mol. The van der Waals surface area contributed by atoms with Gasteiger partial charge in [-0.15, -0.1) is 0 Å². The zero-order valence-corrected chi connectivity index (χ0v) is 13.3. The topological polar surface area (TPSA) is 32.3 Å². The van der Waals surface area contributed by atoms with Crippen LogP contribution in [0.2, 0.25) is 0 Å². The fourth-order valence-electron chi connectivity index (χ4n) is 3.06. The number of carbonyl (C=O) groups excluding carboxylic acids is 1. The van der Waals surface area contributed by atoms with Crippen LogP contribution >= 0.6 is 0 Å². The van der Waals surface area contributed by atoms with Crippen LogP contribution in [0.1, 0.15) is 57.1 Å². The molecule has 116 valence electrons. The van der Waals surface area contributed by atoms with Crippen LogP contribution in [0.5, 0.6) is 0 Å². The number of nitrogens with one attached hydrogen (secondary N) is 1. The molecule has 1 aliphatic heterocycles. The standard InChI is InChI=1S/C18H28N2O/c1-3-4-6-11-17(15-9-7-5-8-10-15)19-16-12-13-18(21)20(2)14-16/h5,7-10,16-17,19H,3-4,6,11-14H2,1-2H3. The fourth-order valence-corrected chi connectivity index (χ4v) is 3.06. The third-order valence-corrected chi connectivity index (χ3v) is 4.36. The summed E-state index contributed by atoms with van der Waals surface area (Å²) >= 11 is 0. The van der Waals surface area contributed by atoms with Crippen molar-refractivity contribution in [2.24, 2.45) is 0 Å². The maximum atomic E-state index is 11.6. The number of carbonyl (C=O) groups is 1. The third-order valence-electron chi connectivity index (χ3n) is 4.36. The molecule has 0 aromatic heterocycles. The molecule has 1 amide bonds. The van der Waals surface area contributed by atoms with E-state index in [2.05, 4.69) is 42.6 Å². The highest BCUT2D eigenvalue weighted by Gasteiger charge is 2.25. The molecule has 1 fully saturated rings. The Labute approximate surface area is 128 Å². The number of hydrogen-bond donors (Lipinski definition) is 1. The largest absolute Gasteiger partial charge is 0.344 e. The number of rotatable bonds is 7. The molecular formula is C18H28N2O. The number of unbranched alkanes of at least 4 members (excludes halogenated alkanes) is 2. The molecule has 0 bridgehead atoms. The van der Waals surface area contributed by atoms with Crippen molar-refractivity contribution in [2.45, 2.75) is 57.5 Å². The molecule has 1 aromatic rings. The summed E-state index contributed by atoms with van der Waals surface area (Å²) < 4.78 is 0. The number of likely N-dealkylation sites (N-methyl/N-ethyl adjacent to an activating group) is 1. The van der Waals surface area contributed by atoms with Gasteiger partial charge in [-0.05, 0) is 18.4 Å². The Hall–Kier alpha value is -1.35. The van der Waals surface area contributed by atoms with Crippen molar-refractivity contribution in [3.63, 3.8) is 0 Å². The van der Waals surface area contributed by atoms with E-state index < -0.39 is 0 Å². The zero-order chi connectivity index (χ0) is 15.1. The molecule has 1 heterocycles. The minimum atomic E-state index is 0.273. The first-order valence-electron chi connectivity index (χ1n) is 8.25. The van der Waals surface area contributed by atoms with Gasteiger partial charge in [0.25, 0.3) is 0 Å². The Balaban J connectivity index is 1.97. The second-order valence-electron chi connectivity index (χ2n) is 6.14. The van der Waals surface area contributed by atoms with Gasteiger partial charge in [-0.2, -0.15) is 0 Å². The number of benzene rings is 1. The predicted molar refractivity (Wildman–Crippen MR) is 87.1 cm³/mol. The maximum Gasteiger partial charge on any atom is 0.222 e. The van der Waals surface area contributed by atoms with Crippen LogP contribution in [0.25, 0.3) is 0 Å². The molecule has 0 saturated carbocycles. The zero-order valence-electron chi connectivity index (χ0n) is 13.3. The van der Waals surface area contributed by atoms with Crippen molar-refractivity contribution in [2.75, 3.05) is 13.6 Å². The number of nitrogens with zero attached hydrogens (tertiary/aromatic N) is 1. The summed E-state index contributed by atoms with van der Waals surface area (Å²) in [6.07, 6.45) is 6.59. The lowest BCUT2D eigenvalue weighted by Gasteiger charge is -2.33. The minimum absolute atomic E-state index is 0.273. The van der Waals surface area contributed by atoms with Crippen LogP contribution in [0.3, 0.4) is 0 Å². The Morgan fingerprint density at radius 1 is 1.29 bits per heavy atom. The van der Waals surface area contributed by atoms with Crippen LogP contribution < -0.4 is 5.32 Å². The molecule has 2 unspecified atom stereocenters. The normalized spacial score (nSPS) is 20.6. The van der Waals surface area contributed by atoms with Crippen molar-refractivity contribution >= 4 is 5.91 Å². The first-order valence-corrected chi connectivity index (χ1v) is 8.25. The second kappa shape index (κ2) is 8.18. The number of hydrogen-bond acceptors (Lipinski definition) is 2. The van der Waals surface area contributed by atoms with Gasteiger partial charge in [0.1, 0.15) is 0 Å². The molecule has 21 heavy (non-hydrogen) atoms. The highest BCUT2D eigenvalue weighted by molar-refractivity contribution is 5.76. The van der Waals surface area contributed by atoms with Gasteiger partial charge in [0.15, 0.2) is 0 Å². The van der Waals surface area contributed by atoms with Gasteiger partial charge in [0.2, 0.25) is 5.91 Å². The van der Waals surface area contributed by atoms with E-state index >= 15 is 0 Å². The summed E-state index contributed by atoms with van der Waals surface area (Å²) in [5.41, 5.74) is 1.37. The molecule has 1 aromatic carbocycles. The van der Waals surface area contributed by atoms with Gasteiger partial charge in [0, 0.05) is 32.1 Å². The molecular weight excluding hydrogens is 260 g/mol. The van der Waals surface area contributed by atoms with Crippen molar-refractivity contribution in [1.82, 2.24) is 10.2 Å². The lowest BCUT2D eigenvalue weighted by atomic mass is 9.97. The molecule has 1 saturated heterocycles. The van der Waals surface area contributed by atoms with Crippen LogP contribution in [0, 0.1) is 0 Å². The number of piperidine rings is 1. The van der Waals surface area contributed by atoms with E-state index in [1.54, 1.807) is 0 Å². The van der Waals surface area contributed by atoms with E-state index in [1.165, 1.54) is 31.2 Å². The summed E-state index contributed by atoms with van der Waals surface area (Å²) in [6.45, 7) is 3.07. The van der Waals surface area contributed by atoms with E-state index in [0.717, 1.165) is 13.0 Å². The summed E-state index contributed by atoms with van der Waals surface area (Å²) in [6, 6.07) is 11.5. The molecule has 0 aliphatic carbocycles. The summed E-state index contributed by atoms with van der Waals surface area (Å²) in [5, 5.41) is 3.79. The molecule has 3 nitrogen and oxygen atoms in total. The van der Waals surface area contributed by atoms with E-state index in [0.29, 0.717) is 18.5 Å². The lowest BCUT2D eigenvalue weighted by molar-refractivity contribution is -0.132. The number of amides is 1. The Kier molecular flexibility index (Phi) is 6.24. The van der Waals surface area contributed by atoms with Crippen LogP contribution in [-0.4, -0.2) is 30.4 Å². The molecule has 1 aliphatic rings. The third kappa shape index (κ3) is 4.85. The average Bonchev–Trinajstić information content (AvgIpc) is 2.51. The van der Waals surface area contributed by atoms with Gasteiger partial charge >= 0.3 is 0 Å². The van der Waals surface area contributed by atoms with Crippen molar-refractivity contribution in [3.05, 3.63) is 35.9 Å². The first kappa shape index (κ1) is 16.0. The lowest BCUT2D eigenvalue weighted by Crippen LogP contribution is -2.47. The Bertz CT molecular complexity index is 432. The quantitative estimate of drug-likeness (QED) is 0.779. The second-order valence-corrected chi connectivity index (χ2v) is 6.14. The Morgan fingerprint density at radius 2 is 2.05 bits per heavy atom. The molecule has 2 atom stereocenters. The van der Waals surface area contributed by atoms with E-state index in [9.17, 15) is 4.79 Å². The molecule has 1 N–H and O–H groups in total. The summed E-state index contributed by atoms with van der Waals surface area (Å²) in [7, 11) is 1.91. The number of likely N-dealkylation sites (tertiary alicyclic amines) is 1. The van der Waals surface area contributed by atoms with Crippen LogP contribution in [-0.2, 0) is 4.79 Å². The minimum Gasteiger partial charge on any atom is -0.344 e. The van der Waals surface area contributed by atoms with Gasteiger partial charge in [-0.1, -0.05) is 56.5 Å². The van der Waals surface area contributed by atoms with E-state index in [-0.39, 0.29) is 5.91 Å². The SMILES string of the molecule is CCCCCC(NC1CCC(=O)N(C)C1)c1ccccc1. The van der Waals surface area contributed by atoms with E-state index in [4.69, 9.17) is 0 Å². The summed E-state index contributed by atoms with van der Waals surface area (Å²) in [5.74, 6) is 0.273. The summed E-state index contributed by atoms with van der Waals surface area (Å²) in [4.78, 5) is 13.5. The fraction of sp³-hybridized carbons (Fsp3) is 0.611. The smallest absolute Gasteiger partial charge is 0.222 e. The van der Waals surface area contributed by atoms with Gasteiger partial charge in [0.05, 0.1) is 0 Å². The molecule has 0 radical (unpaired) electrons. The molecule has 0 spiro atoms. The van der Waals surface area contributed by atoms with E-state index in [1.807, 2.05) is 11.9 Å². The predicted octanol–water partition coefficient (Wildman–Crippen LogP) is 3.52. The van der Waals surface area contributed by atoms with Gasteiger partial charge in [-0.25, -0.2) is 0 Å². The highest BCUT2D eigenvalue weighted by atomic mass is 16.2. The first-order chi connectivity index (χ1) is 10.2. The van der Waals surface area contributed by atoms with Crippen molar-refractivity contribution in [1.29, 1.82) is 0 Å². The van der Waals surface area contributed by atoms with Crippen LogP contribution in [0.15, 0.2) is 30.3 Å². The molecule has 2 rings (SSSR count). The molecule has 3 heteroatoms. The Morgan fingerprint density at radius 3 is 2.71 bits per heavy atom. The highest BCUT2D eigenvalue weighted by Crippen LogP contribution is 2.22. The van der Waals surface area contributed by atoms with Crippen LogP contribution in [0.4, 0.5) is 0 Å². The van der Waals surface area contributed by atoms with Gasteiger partial charge < -0.3 is 10.2 Å².